The third-order valence-corrected chi connectivity index (χ3v) is 4.89. The fourth-order valence-electron chi connectivity index (χ4n) is 2.52. The van der Waals surface area contributed by atoms with Crippen LogP contribution in [0, 0.1) is 5.82 Å². The van der Waals surface area contributed by atoms with Gasteiger partial charge in [0, 0.05) is 13.7 Å². The molecule has 0 unspecified atom stereocenters. The van der Waals surface area contributed by atoms with Crippen LogP contribution in [-0.2, 0) is 17.5 Å². The highest BCUT2D eigenvalue weighted by Gasteiger charge is 2.32. The average Bonchev–Trinajstić information content (AvgIpc) is 2.96. The molecule has 3 rings (SSSR count). The van der Waals surface area contributed by atoms with E-state index < -0.39 is 29.0 Å². The van der Waals surface area contributed by atoms with Crippen LogP contribution in [0.25, 0.3) is 10.2 Å². The number of para-hydroxylation sites is 1. The minimum atomic E-state index is -4.68. The van der Waals surface area contributed by atoms with Crippen LogP contribution in [0.2, 0.25) is 0 Å². The van der Waals surface area contributed by atoms with E-state index in [1.54, 1.807) is 4.57 Å². The second-order valence-electron chi connectivity index (χ2n) is 5.61. The van der Waals surface area contributed by atoms with Crippen molar-refractivity contribution < 1.29 is 27.1 Å². The molecule has 1 amide bonds. The summed E-state index contributed by atoms with van der Waals surface area (Å²) in [5.41, 5.74) is -1.03. The molecule has 0 aliphatic rings. The van der Waals surface area contributed by atoms with Gasteiger partial charge in [-0.3, -0.25) is 4.79 Å². The molecule has 0 aliphatic heterocycles. The van der Waals surface area contributed by atoms with Crippen LogP contribution in [-0.4, -0.2) is 24.2 Å². The van der Waals surface area contributed by atoms with E-state index >= 15 is 0 Å². The number of benzene rings is 2. The number of methoxy groups -OCH3 is 1. The van der Waals surface area contributed by atoms with Crippen molar-refractivity contribution in [3.63, 3.8) is 0 Å². The number of amides is 1. The topological polar surface area (TPSA) is 43.6 Å². The summed E-state index contributed by atoms with van der Waals surface area (Å²) in [5, 5.41) is 0. The van der Waals surface area contributed by atoms with E-state index in [-0.39, 0.29) is 4.80 Å². The van der Waals surface area contributed by atoms with Crippen LogP contribution in [0.4, 0.5) is 17.6 Å². The molecule has 0 spiro atoms. The smallest absolute Gasteiger partial charge is 0.383 e. The number of rotatable bonds is 4. The van der Waals surface area contributed by atoms with Crippen molar-refractivity contribution in [2.45, 2.75) is 12.7 Å². The van der Waals surface area contributed by atoms with Crippen LogP contribution in [0.15, 0.2) is 47.5 Å². The van der Waals surface area contributed by atoms with E-state index in [9.17, 15) is 22.4 Å². The summed E-state index contributed by atoms with van der Waals surface area (Å²) in [7, 11) is 1.52. The van der Waals surface area contributed by atoms with E-state index in [4.69, 9.17) is 4.74 Å². The first-order valence-corrected chi connectivity index (χ1v) is 8.66. The van der Waals surface area contributed by atoms with Crippen LogP contribution < -0.4 is 4.80 Å². The molecule has 142 valence electrons. The maximum atomic E-state index is 13.9. The molecule has 0 radical (unpaired) electrons. The lowest BCUT2D eigenvalue weighted by Crippen LogP contribution is -2.19. The molecule has 2 aromatic carbocycles. The number of carbonyl (C=O) groups is 1. The summed E-state index contributed by atoms with van der Waals surface area (Å²) in [6, 6.07) is 8.98. The SMILES string of the molecule is COCCn1c(=NC(=O)c2cc(C(F)(F)F)ccc2F)sc2ccccc21. The summed E-state index contributed by atoms with van der Waals surface area (Å²) >= 11 is 1.19. The van der Waals surface area contributed by atoms with Gasteiger partial charge in [-0.2, -0.15) is 18.2 Å². The molecule has 0 fully saturated rings. The second-order valence-corrected chi connectivity index (χ2v) is 6.62. The van der Waals surface area contributed by atoms with Gasteiger partial charge in [0.05, 0.1) is 28.0 Å². The molecule has 1 aromatic heterocycles. The van der Waals surface area contributed by atoms with Gasteiger partial charge in [0.1, 0.15) is 5.82 Å². The number of nitrogens with zero attached hydrogens (tertiary/aromatic N) is 2. The fourth-order valence-corrected chi connectivity index (χ4v) is 3.57. The molecule has 27 heavy (non-hydrogen) atoms. The molecular formula is C18H14F4N2O2S. The molecule has 0 N–H and O–H groups in total. The Bertz CT molecular complexity index is 1050. The van der Waals surface area contributed by atoms with Gasteiger partial charge in [0.25, 0.3) is 5.91 Å². The molecule has 4 nitrogen and oxygen atoms in total. The van der Waals surface area contributed by atoms with Crippen molar-refractivity contribution in [2.75, 3.05) is 13.7 Å². The molecule has 0 saturated carbocycles. The Labute approximate surface area is 155 Å². The Balaban J connectivity index is 2.10. The first-order valence-electron chi connectivity index (χ1n) is 7.84. The number of fused-ring (bicyclic) bond motifs is 1. The molecule has 0 saturated heterocycles. The van der Waals surface area contributed by atoms with Crippen LogP contribution in [0.1, 0.15) is 15.9 Å². The number of hydrogen-bond donors (Lipinski definition) is 0. The van der Waals surface area contributed by atoms with Gasteiger partial charge in [-0.05, 0) is 30.3 Å². The molecular weight excluding hydrogens is 384 g/mol. The van der Waals surface area contributed by atoms with Crippen molar-refractivity contribution in [1.82, 2.24) is 4.57 Å². The van der Waals surface area contributed by atoms with Gasteiger partial charge in [0.15, 0.2) is 4.80 Å². The Morgan fingerprint density at radius 3 is 2.67 bits per heavy atom. The van der Waals surface area contributed by atoms with Crippen molar-refractivity contribution in [1.29, 1.82) is 0 Å². The van der Waals surface area contributed by atoms with Gasteiger partial charge in [-0.25, -0.2) is 4.39 Å². The fraction of sp³-hybridized carbons (Fsp3) is 0.222. The van der Waals surface area contributed by atoms with Gasteiger partial charge >= 0.3 is 6.18 Å². The van der Waals surface area contributed by atoms with E-state index in [0.29, 0.717) is 31.4 Å². The number of aromatic nitrogens is 1. The summed E-state index contributed by atoms with van der Waals surface area (Å²) in [6.07, 6.45) is -4.68. The summed E-state index contributed by atoms with van der Waals surface area (Å²) in [4.78, 5) is 16.5. The number of alkyl halides is 3. The lowest BCUT2D eigenvalue weighted by molar-refractivity contribution is -0.137. The highest BCUT2D eigenvalue weighted by molar-refractivity contribution is 7.16. The molecule has 0 atom stereocenters. The predicted octanol–water partition coefficient (Wildman–Crippen LogP) is 4.25. The van der Waals surface area contributed by atoms with Gasteiger partial charge < -0.3 is 9.30 Å². The Morgan fingerprint density at radius 1 is 1.22 bits per heavy atom. The zero-order valence-electron chi connectivity index (χ0n) is 14.1. The minimum Gasteiger partial charge on any atom is -0.383 e. The van der Waals surface area contributed by atoms with Crippen molar-refractivity contribution in [3.05, 3.63) is 64.2 Å². The molecule has 9 heteroatoms. The summed E-state index contributed by atoms with van der Waals surface area (Å²) in [5.74, 6) is -2.13. The Hall–Kier alpha value is -2.52. The lowest BCUT2D eigenvalue weighted by atomic mass is 10.1. The first kappa shape index (κ1) is 19.2. The normalized spacial score (nSPS) is 12.7. The Kier molecular flexibility index (Phi) is 5.43. The van der Waals surface area contributed by atoms with E-state index in [1.165, 1.54) is 18.4 Å². The standard InChI is InChI=1S/C18H14F4N2O2S/c1-26-9-8-24-14-4-2-3-5-15(14)27-17(24)23-16(25)12-10-11(18(20,21)22)6-7-13(12)19/h2-7,10H,8-9H2,1H3. The quantitative estimate of drug-likeness (QED) is 0.617. The summed E-state index contributed by atoms with van der Waals surface area (Å²) < 4.78 is 60.1. The van der Waals surface area contributed by atoms with Crippen LogP contribution in [0.5, 0.6) is 0 Å². The third-order valence-electron chi connectivity index (χ3n) is 3.83. The number of carbonyl (C=O) groups excluding carboxylic acids is 1. The van der Waals surface area contributed by atoms with Crippen molar-refractivity contribution in [2.24, 2.45) is 4.99 Å². The summed E-state index contributed by atoms with van der Waals surface area (Å²) in [6.45, 7) is 0.734. The van der Waals surface area contributed by atoms with Crippen molar-refractivity contribution in [3.8, 4) is 0 Å². The average molecular weight is 398 g/mol. The number of thiazole rings is 1. The zero-order valence-corrected chi connectivity index (χ0v) is 14.9. The van der Waals surface area contributed by atoms with Gasteiger partial charge in [-0.15, -0.1) is 0 Å². The Morgan fingerprint density at radius 2 is 1.96 bits per heavy atom. The maximum Gasteiger partial charge on any atom is 0.416 e. The molecule has 0 bridgehead atoms. The van der Waals surface area contributed by atoms with E-state index in [1.807, 2.05) is 24.3 Å². The minimum absolute atomic E-state index is 0.259. The van der Waals surface area contributed by atoms with E-state index in [0.717, 1.165) is 10.2 Å². The van der Waals surface area contributed by atoms with Crippen LogP contribution >= 0.6 is 11.3 Å². The zero-order chi connectivity index (χ0) is 19.6. The van der Waals surface area contributed by atoms with E-state index in [2.05, 4.69) is 4.99 Å². The number of halogens is 4. The monoisotopic (exact) mass is 398 g/mol. The third kappa shape index (κ3) is 4.09. The number of hydrogen-bond acceptors (Lipinski definition) is 3. The van der Waals surface area contributed by atoms with Crippen molar-refractivity contribution >= 4 is 27.5 Å². The molecule has 3 aromatic rings. The molecule has 0 aliphatic carbocycles. The first-order chi connectivity index (χ1) is 12.8. The predicted molar refractivity (Wildman–Crippen MR) is 93.0 cm³/mol. The highest BCUT2D eigenvalue weighted by atomic mass is 32.1. The molecule has 1 heterocycles. The second kappa shape index (κ2) is 7.61. The number of ether oxygens (including phenoxy) is 1. The lowest BCUT2D eigenvalue weighted by Gasteiger charge is -2.08. The maximum absolute atomic E-state index is 13.9. The van der Waals surface area contributed by atoms with Gasteiger partial charge in [0.2, 0.25) is 0 Å². The largest absolute Gasteiger partial charge is 0.416 e. The van der Waals surface area contributed by atoms with Crippen LogP contribution in [0.3, 0.4) is 0 Å². The highest BCUT2D eigenvalue weighted by Crippen LogP contribution is 2.30. The van der Waals surface area contributed by atoms with Gasteiger partial charge in [-0.1, -0.05) is 23.5 Å².